The lowest BCUT2D eigenvalue weighted by Gasteiger charge is -2.20. The van der Waals surface area contributed by atoms with Crippen LogP contribution >= 0.6 is 0 Å². The molecule has 0 spiro atoms. The summed E-state index contributed by atoms with van der Waals surface area (Å²) in [5.41, 5.74) is 1.00. The molecule has 2 fully saturated rings. The molecule has 1 aromatic carbocycles. The van der Waals surface area contributed by atoms with Crippen molar-refractivity contribution in [1.29, 1.82) is 0 Å². The molecule has 2 aliphatic rings. The van der Waals surface area contributed by atoms with Gasteiger partial charge in [0.2, 0.25) is 5.91 Å². The van der Waals surface area contributed by atoms with E-state index in [0.29, 0.717) is 34.1 Å². The Balaban J connectivity index is 1.53. The Kier molecular flexibility index (Phi) is 4.26. The average molecular weight is 355 g/mol. The molecule has 0 unspecified atom stereocenters. The van der Waals surface area contributed by atoms with Crippen LogP contribution in [0.5, 0.6) is 0 Å². The quantitative estimate of drug-likeness (QED) is 0.672. The Morgan fingerprint density at radius 2 is 2.08 bits per heavy atom. The first kappa shape index (κ1) is 16.8. The summed E-state index contributed by atoms with van der Waals surface area (Å²) < 4.78 is 10.8. The van der Waals surface area contributed by atoms with E-state index in [1.807, 2.05) is 0 Å². The fourth-order valence-corrected chi connectivity index (χ4v) is 4.42. The maximum absolute atomic E-state index is 12.4. The number of hydrogen-bond donors (Lipinski definition) is 1. The van der Waals surface area contributed by atoms with Crippen LogP contribution in [-0.2, 0) is 20.9 Å². The monoisotopic (exact) mass is 355 g/mol. The predicted molar refractivity (Wildman–Crippen MR) is 95.5 cm³/mol. The van der Waals surface area contributed by atoms with Gasteiger partial charge in [0.25, 0.3) is 0 Å². The molecule has 1 amide bonds. The summed E-state index contributed by atoms with van der Waals surface area (Å²) in [6, 6.07) is 6.43. The molecule has 3 atom stereocenters. The third kappa shape index (κ3) is 3.23. The van der Waals surface area contributed by atoms with E-state index in [-0.39, 0.29) is 24.4 Å². The van der Waals surface area contributed by atoms with Gasteiger partial charge in [-0.2, -0.15) is 0 Å². The zero-order valence-corrected chi connectivity index (χ0v) is 14.6. The van der Waals surface area contributed by atoms with Crippen LogP contribution in [0.3, 0.4) is 0 Å². The van der Waals surface area contributed by atoms with Crippen molar-refractivity contribution in [1.82, 2.24) is 0 Å². The Hall–Kier alpha value is -2.63. The number of esters is 1. The maximum Gasteiger partial charge on any atom is 0.336 e. The lowest BCUT2D eigenvalue weighted by molar-refractivity contribution is -0.151. The van der Waals surface area contributed by atoms with Gasteiger partial charge in [0.05, 0.1) is 5.92 Å². The Morgan fingerprint density at radius 3 is 2.77 bits per heavy atom. The van der Waals surface area contributed by atoms with E-state index in [9.17, 15) is 14.4 Å². The number of rotatable bonds is 4. The molecule has 2 aromatic rings. The number of hydrogen-bond acceptors (Lipinski definition) is 5. The van der Waals surface area contributed by atoms with E-state index in [0.717, 1.165) is 19.3 Å². The lowest BCUT2D eigenvalue weighted by atomic mass is 9.89. The second-order valence-electron chi connectivity index (χ2n) is 7.37. The highest BCUT2D eigenvalue weighted by Gasteiger charge is 2.43. The van der Waals surface area contributed by atoms with Crippen LogP contribution in [-0.4, -0.2) is 11.9 Å². The average Bonchev–Trinajstić information content (AvgIpc) is 3.21. The van der Waals surface area contributed by atoms with Crippen LogP contribution in [0, 0.1) is 17.8 Å². The number of ether oxygens (including phenoxy) is 1. The molecule has 6 nitrogen and oxygen atoms in total. The minimum absolute atomic E-state index is 0.00602. The van der Waals surface area contributed by atoms with Crippen molar-refractivity contribution in [2.75, 3.05) is 5.32 Å². The van der Waals surface area contributed by atoms with Gasteiger partial charge in [-0.25, -0.2) is 4.79 Å². The first-order valence-corrected chi connectivity index (χ1v) is 9.00. The number of fused-ring (bicyclic) bond motifs is 3. The van der Waals surface area contributed by atoms with Crippen LogP contribution in [0.25, 0.3) is 11.0 Å². The van der Waals surface area contributed by atoms with Crippen LogP contribution < -0.4 is 10.9 Å². The van der Waals surface area contributed by atoms with E-state index in [2.05, 4.69) is 5.32 Å². The number of carbonyl (C=O) groups is 2. The maximum atomic E-state index is 12.4. The Morgan fingerprint density at radius 1 is 1.23 bits per heavy atom. The SMILES string of the molecule is CC(=O)Nc1ccc2c(COC(=O)[C@@H]3C[C@H]4CC[C@H]3C4)cc(=O)oc2c1. The van der Waals surface area contributed by atoms with E-state index < -0.39 is 5.63 Å². The van der Waals surface area contributed by atoms with E-state index in [1.165, 1.54) is 19.4 Å². The van der Waals surface area contributed by atoms with Gasteiger partial charge in [0, 0.05) is 35.7 Å². The fraction of sp³-hybridized carbons (Fsp3) is 0.450. The van der Waals surface area contributed by atoms with Gasteiger partial charge in [0.1, 0.15) is 12.2 Å². The van der Waals surface area contributed by atoms with Gasteiger partial charge in [0.15, 0.2) is 0 Å². The van der Waals surface area contributed by atoms with Crippen molar-refractivity contribution in [3.8, 4) is 0 Å². The molecule has 26 heavy (non-hydrogen) atoms. The summed E-state index contributed by atoms with van der Waals surface area (Å²) in [6.07, 6.45) is 4.43. The molecule has 2 saturated carbocycles. The number of carbonyl (C=O) groups excluding carboxylic acids is 2. The first-order chi connectivity index (χ1) is 12.5. The van der Waals surface area contributed by atoms with Crippen molar-refractivity contribution in [3.63, 3.8) is 0 Å². The fourth-order valence-electron chi connectivity index (χ4n) is 4.42. The molecule has 0 aliphatic heterocycles. The molecule has 136 valence electrons. The minimum atomic E-state index is -0.511. The van der Waals surface area contributed by atoms with Gasteiger partial charge in [-0.05, 0) is 43.2 Å². The molecule has 0 saturated heterocycles. The number of nitrogens with one attached hydrogen (secondary N) is 1. The van der Waals surface area contributed by atoms with Crippen molar-refractivity contribution in [2.45, 2.75) is 39.2 Å². The van der Waals surface area contributed by atoms with Gasteiger partial charge >= 0.3 is 11.6 Å². The standard InChI is InChI=1S/C20H21NO5/c1-11(22)21-15-4-5-16-14(8-19(23)26-18(16)9-15)10-25-20(24)17-7-12-2-3-13(17)6-12/h4-5,8-9,12-13,17H,2-3,6-7,10H2,1H3,(H,21,22)/t12-,13-,17+/m0/s1. The molecule has 2 aliphatic carbocycles. The van der Waals surface area contributed by atoms with Crippen LogP contribution in [0.2, 0.25) is 0 Å². The summed E-state index contributed by atoms with van der Waals surface area (Å²) in [5, 5.41) is 3.35. The number of benzene rings is 1. The van der Waals surface area contributed by atoms with Crippen molar-refractivity contribution >= 4 is 28.5 Å². The number of anilines is 1. The third-order valence-electron chi connectivity index (χ3n) is 5.56. The molecule has 4 rings (SSSR count). The highest BCUT2D eigenvalue weighted by molar-refractivity contribution is 5.92. The van der Waals surface area contributed by atoms with Crippen molar-refractivity contribution < 1.29 is 18.7 Å². The largest absolute Gasteiger partial charge is 0.461 e. The van der Waals surface area contributed by atoms with Gasteiger partial charge in [-0.15, -0.1) is 0 Å². The summed E-state index contributed by atoms with van der Waals surface area (Å²) >= 11 is 0. The molecule has 2 bridgehead atoms. The zero-order valence-electron chi connectivity index (χ0n) is 14.6. The molecular formula is C20H21NO5. The highest BCUT2D eigenvalue weighted by Crippen LogP contribution is 2.48. The minimum Gasteiger partial charge on any atom is -0.461 e. The molecule has 0 radical (unpaired) electrons. The molecule has 1 N–H and O–H groups in total. The molecular weight excluding hydrogens is 334 g/mol. The zero-order chi connectivity index (χ0) is 18.3. The topological polar surface area (TPSA) is 85.6 Å². The van der Waals surface area contributed by atoms with E-state index >= 15 is 0 Å². The first-order valence-electron chi connectivity index (χ1n) is 9.00. The predicted octanol–water partition coefficient (Wildman–Crippen LogP) is 3.23. The summed E-state index contributed by atoms with van der Waals surface area (Å²) in [7, 11) is 0. The van der Waals surface area contributed by atoms with E-state index in [4.69, 9.17) is 9.15 Å². The van der Waals surface area contributed by atoms with Gasteiger partial charge in [-0.3, -0.25) is 9.59 Å². The Bertz CT molecular complexity index is 931. The second kappa shape index (κ2) is 6.59. The van der Waals surface area contributed by atoms with Crippen LogP contribution in [0.15, 0.2) is 33.5 Å². The van der Waals surface area contributed by atoms with Crippen molar-refractivity contribution in [2.24, 2.45) is 17.8 Å². The summed E-state index contributed by atoms with van der Waals surface area (Å²) in [6.45, 7) is 1.46. The summed E-state index contributed by atoms with van der Waals surface area (Å²) in [5.74, 6) is 0.780. The van der Waals surface area contributed by atoms with E-state index in [1.54, 1.807) is 18.2 Å². The van der Waals surface area contributed by atoms with Gasteiger partial charge < -0.3 is 14.5 Å². The summed E-state index contributed by atoms with van der Waals surface area (Å²) in [4.78, 5) is 35.5. The number of amides is 1. The lowest BCUT2D eigenvalue weighted by Crippen LogP contribution is -2.23. The molecule has 1 aromatic heterocycles. The Labute approximate surface area is 150 Å². The second-order valence-corrected chi connectivity index (χ2v) is 7.37. The third-order valence-corrected chi connectivity index (χ3v) is 5.56. The van der Waals surface area contributed by atoms with Crippen molar-refractivity contribution in [3.05, 3.63) is 40.2 Å². The molecule has 6 heteroatoms. The normalized spacial score (nSPS) is 24.0. The smallest absolute Gasteiger partial charge is 0.336 e. The van der Waals surface area contributed by atoms with Gasteiger partial charge in [-0.1, -0.05) is 6.42 Å². The highest BCUT2D eigenvalue weighted by atomic mass is 16.5. The molecule has 1 heterocycles. The van der Waals surface area contributed by atoms with Crippen LogP contribution in [0.1, 0.15) is 38.2 Å². The van der Waals surface area contributed by atoms with Crippen LogP contribution in [0.4, 0.5) is 5.69 Å².